The highest BCUT2D eigenvalue weighted by Crippen LogP contribution is 1.98. The Morgan fingerprint density at radius 3 is 2.54 bits per heavy atom. The summed E-state index contributed by atoms with van der Waals surface area (Å²) in [6.45, 7) is 1.96. The fraction of sp³-hybridized carbons (Fsp3) is 0.571. The lowest BCUT2D eigenvalue weighted by Gasteiger charge is -2.10. The highest BCUT2D eigenvalue weighted by molar-refractivity contribution is 5.78. The van der Waals surface area contributed by atoms with Gasteiger partial charge in [0, 0.05) is 0 Å². The Hall–Kier alpha value is -1.59. The number of carboxylic acid groups (broad SMARTS) is 1. The van der Waals surface area contributed by atoms with Crippen molar-refractivity contribution in [3.63, 3.8) is 0 Å². The van der Waals surface area contributed by atoms with Crippen molar-refractivity contribution < 1.29 is 29.0 Å². The molecular weight excluding hydrogens is 180 g/mol. The molecule has 6 heteroatoms. The highest BCUT2D eigenvalue weighted by Gasteiger charge is 2.19. The fourth-order valence-electron chi connectivity index (χ4n) is 0.589. The van der Waals surface area contributed by atoms with Gasteiger partial charge in [0.2, 0.25) is 0 Å². The largest absolute Gasteiger partial charge is 0.479 e. The molecule has 13 heavy (non-hydrogen) atoms. The van der Waals surface area contributed by atoms with E-state index in [1.165, 1.54) is 0 Å². The monoisotopic (exact) mass is 189 g/mol. The zero-order valence-electron chi connectivity index (χ0n) is 6.98. The van der Waals surface area contributed by atoms with Crippen LogP contribution in [0.5, 0.6) is 0 Å². The molecule has 73 valence electrons. The van der Waals surface area contributed by atoms with Gasteiger partial charge in [-0.15, -0.1) is 0 Å². The molecule has 1 unspecified atom stereocenters. The van der Waals surface area contributed by atoms with Gasteiger partial charge >= 0.3 is 18.4 Å². The molecule has 0 bridgehead atoms. The smallest absolute Gasteiger partial charge is 0.418 e. The van der Waals surface area contributed by atoms with Crippen molar-refractivity contribution in [1.29, 1.82) is 0 Å². The summed E-state index contributed by atoms with van der Waals surface area (Å²) in [6, 6.07) is 0. The van der Waals surface area contributed by atoms with E-state index in [1.807, 2.05) is 0 Å². The van der Waals surface area contributed by atoms with E-state index >= 15 is 0 Å². The SMILES string of the molecule is CCC(OC(=O)CO[C]=O)C(=O)O. The van der Waals surface area contributed by atoms with Crippen LogP contribution in [0.15, 0.2) is 0 Å². The Morgan fingerprint density at radius 2 is 2.15 bits per heavy atom. The Bertz CT molecular complexity index is 199. The predicted octanol–water partition coefficient (Wildman–Crippen LogP) is -0.523. The molecule has 0 fully saturated rings. The molecule has 0 spiro atoms. The van der Waals surface area contributed by atoms with Crippen molar-refractivity contribution in [2.75, 3.05) is 6.61 Å². The maximum atomic E-state index is 10.7. The number of aliphatic carboxylic acids is 1. The van der Waals surface area contributed by atoms with E-state index in [1.54, 1.807) is 6.92 Å². The molecule has 0 saturated heterocycles. The summed E-state index contributed by atoms with van der Waals surface area (Å²) >= 11 is 0. The maximum Gasteiger partial charge on any atom is 0.418 e. The summed E-state index contributed by atoms with van der Waals surface area (Å²) in [4.78, 5) is 30.6. The summed E-state index contributed by atoms with van der Waals surface area (Å²) in [7, 11) is 0. The van der Waals surface area contributed by atoms with Crippen LogP contribution >= 0.6 is 0 Å². The standard InChI is InChI=1S/C7H9O6/c1-2-5(7(10)11)13-6(9)3-12-4-8/h5H,2-3H2,1H3,(H,10,11). The van der Waals surface area contributed by atoms with E-state index in [-0.39, 0.29) is 6.42 Å². The zero-order valence-corrected chi connectivity index (χ0v) is 6.98. The van der Waals surface area contributed by atoms with Gasteiger partial charge in [-0.05, 0) is 6.42 Å². The van der Waals surface area contributed by atoms with Gasteiger partial charge in [-0.1, -0.05) is 6.92 Å². The molecule has 1 radical (unpaired) electrons. The Morgan fingerprint density at radius 1 is 1.54 bits per heavy atom. The van der Waals surface area contributed by atoms with Crippen LogP contribution in [-0.4, -0.2) is 36.2 Å². The van der Waals surface area contributed by atoms with Gasteiger partial charge in [-0.2, -0.15) is 0 Å². The summed E-state index contributed by atoms with van der Waals surface area (Å²) in [5, 5.41) is 8.45. The molecule has 0 aromatic carbocycles. The first-order chi connectivity index (χ1) is 6.11. The first kappa shape index (κ1) is 11.4. The summed E-state index contributed by atoms with van der Waals surface area (Å²) in [6.07, 6.45) is -1.03. The van der Waals surface area contributed by atoms with Gasteiger partial charge < -0.3 is 14.6 Å². The van der Waals surface area contributed by atoms with Gasteiger partial charge in [0.25, 0.3) is 0 Å². The van der Waals surface area contributed by atoms with Crippen molar-refractivity contribution in [3.8, 4) is 0 Å². The Labute approximate surface area is 74.4 Å². The van der Waals surface area contributed by atoms with Crippen molar-refractivity contribution in [1.82, 2.24) is 0 Å². The van der Waals surface area contributed by atoms with Crippen LogP contribution in [-0.2, 0) is 23.9 Å². The third kappa shape index (κ3) is 4.78. The van der Waals surface area contributed by atoms with Crippen LogP contribution in [0.2, 0.25) is 0 Å². The summed E-state index contributed by atoms with van der Waals surface area (Å²) in [5.74, 6) is -2.14. The minimum atomic E-state index is -1.23. The van der Waals surface area contributed by atoms with E-state index in [2.05, 4.69) is 9.47 Å². The normalized spacial score (nSPS) is 11.5. The molecule has 0 aliphatic carbocycles. The van der Waals surface area contributed by atoms with Crippen LogP contribution in [0.1, 0.15) is 13.3 Å². The molecule has 0 aliphatic rings. The minimum Gasteiger partial charge on any atom is -0.479 e. The van der Waals surface area contributed by atoms with Crippen molar-refractivity contribution in [2.45, 2.75) is 19.4 Å². The quantitative estimate of drug-likeness (QED) is 0.565. The number of rotatable bonds is 6. The van der Waals surface area contributed by atoms with Gasteiger partial charge in [0.1, 0.15) is 0 Å². The molecule has 0 aromatic rings. The molecule has 0 amide bonds. The first-order valence-corrected chi connectivity index (χ1v) is 3.53. The summed E-state index contributed by atoms with van der Waals surface area (Å²) < 4.78 is 8.37. The van der Waals surface area contributed by atoms with Gasteiger partial charge in [-0.3, -0.25) is 0 Å². The zero-order chi connectivity index (χ0) is 10.3. The molecule has 0 heterocycles. The van der Waals surface area contributed by atoms with E-state index in [0.29, 0.717) is 0 Å². The lowest BCUT2D eigenvalue weighted by atomic mass is 10.3. The molecule has 0 aliphatic heterocycles. The van der Waals surface area contributed by atoms with Crippen molar-refractivity contribution in [2.24, 2.45) is 0 Å². The Balaban J connectivity index is 3.86. The molecule has 0 rings (SSSR count). The second-order valence-electron chi connectivity index (χ2n) is 2.10. The van der Waals surface area contributed by atoms with Crippen LogP contribution < -0.4 is 0 Å². The Kier molecular flexibility index (Phi) is 5.25. The summed E-state index contributed by atoms with van der Waals surface area (Å²) in [5.41, 5.74) is 0. The molecule has 1 atom stereocenters. The van der Waals surface area contributed by atoms with Crippen LogP contribution in [0.3, 0.4) is 0 Å². The third-order valence-corrected chi connectivity index (χ3v) is 1.17. The first-order valence-electron chi connectivity index (χ1n) is 3.53. The molecule has 0 saturated carbocycles. The van der Waals surface area contributed by atoms with Gasteiger partial charge in [0.05, 0.1) is 0 Å². The molecule has 6 nitrogen and oxygen atoms in total. The third-order valence-electron chi connectivity index (χ3n) is 1.17. The highest BCUT2D eigenvalue weighted by atomic mass is 16.6. The number of esters is 1. The van der Waals surface area contributed by atoms with Crippen molar-refractivity contribution in [3.05, 3.63) is 0 Å². The number of hydrogen-bond acceptors (Lipinski definition) is 5. The lowest BCUT2D eigenvalue weighted by Crippen LogP contribution is -2.28. The van der Waals surface area contributed by atoms with E-state index in [0.717, 1.165) is 6.47 Å². The molecular formula is C7H9O6. The average Bonchev–Trinajstić information content (AvgIpc) is 2.10. The van der Waals surface area contributed by atoms with Gasteiger partial charge in [-0.25, -0.2) is 14.4 Å². The second kappa shape index (κ2) is 5.99. The van der Waals surface area contributed by atoms with Crippen molar-refractivity contribution >= 4 is 18.4 Å². The van der Waals surface area contributed by atoms with E-state index in [9.17, 15) is 14.4 Å². The van der Waals surface area contributed by atoms with E-state index < -0.39 is 24.6 Å². The number of ether oxygens (including phenoxy) is 2. The van der Waals surface area contributed by atoms with E-state index in [4.69, 9.17) is 5.11 Å². The van der Waals surface area contributed by atoms with Crippen LogP contribution in [0, 0.1) is 0 Å². The molecule has 1 N–H and O–H groups in total. The number of hydrogen-bond donors (Lipinski definition) is 1. The fourth-order valence-corrected chi connectivity index (χ4v) is 0.589. The topological polar surface area (TPSA) is 89.9 Å². The van der Waals surface area contributed by atoms with Gasteiger partial charge in [0.15, 0.2) is 12.7 Å². The maximum absolute atomic E-state index is 10.7. The lowest BCUT2D eigenvalue weighted by molar-refractivity contribution is -0.165. The number of carbonyl (C=O) groups excluding carboxylic acids is 2. The van der Waals surface area contributed by atoms with Crippen LogP contribution in [0.4, 0.5) is 0 Å². The number of carboxylic acids is 1. The minimum absolute atomic E-state index is 0.159. The van der Waals surface area contributed by atoms with Crippen LogP contribution in [0.25, 0.3) is 0 Å². The molecule has 0 aromatic heterocycles. The predicted molar refractivity (Wildman–Crippen MR) is 39.5 cm³/mol. The average molecular weight is 189 g/mol. The number of carbonyl (C=O) groups is 2. The second-order valence-corrected chi connectivity index (χ2v) is 2.10.